The van der Waals surface area contributed by atoms with Crippen molar-refractivity contribution in [2.75, 3.05) is 6.61 Å². The van der Waals surface area contributed by atoms with Crippen LogP contribution in [0.5, 0.6) is 0 Å². The summed E-state index contributed by atoms with van der Waals surface area (Å²) in [4.78, 5) is 10.7. The van der Waals surface area contributed by atoms with Crippen molar-refractivity contribution in [1.29, 1.82) is 0 Å². The van der Waals surface area contributed by atoms with E-state index in [0.717, 1.165) is 13.8 Å². The maximum absolute atomic E-state index is 13.1. The third-order valence-electron chi connectivity index (χ3n) is 2.31. The summed E-state index contributed by atoms with van der Waals surface area (Å²) < 4.78 is 145. The average Bonchev–Trinajstić information content (AvgIpc) is 2.33. The number of halogens is 11. The van der Waals surface area contributed by atoms with Gasteiger partial charge in [0, 0.05) is 0 Å². The second-order valence-electron chi connectivity index (χ2n) is 4.63. The number of hydrogen-bond donors (Lipinski definition) is 0. The largest absolute Gasteiger partial charge is 0.508 e. The fourth-order valence-corrected chi connectivity index (χ4v) is 1.07. The minimum atomic E-state index is -7.53. The highest BCUT2D eigenvalue weighted by atomic mass is 19.4. The molecule has 144 valence electrons. The Labute approximate surface area is 126 Å². The Bertz CT molecular complexity index is 455. The Hall–Kier alpha value is -1.50. The second kappa shape index (κ2) is 6.43. The van der Waals surface area contributed by atoms with Crippen LogP contribution in [-0.2, 0) is 9.47 Å². The van der Waals surface area contributed by atoms with Gasteiger partial charge in [-0.05, 0) is 13.8 Å². The van der Waals surface area contributed by atoms with Crippen molar-refractivity contribution in [3.8, 4) is 0 Å². The van der Waals surface area contributed by atoms with Crippen molar-refractivity contribution in [3.05, 3.63) is 0 Å². The molecule has 0 aliphatic rings. The molecule has 0 aliphatic carbocycles. The van der Waals surface area contributed by atoms with Crippen LogP contribution in [0.15, 0.2) is 0 Å². The molecular weight excluding hydrogens is 377 g/mol. The van der Waals surface area contributed by atoms with E-state index in [1.165, 1.54) is 0 Å². The molecule has 0 atom stereocenters. The molecule has 0 saturated carbocycles. The first kappa shape index (κ1) is 22.5. The lowest BCUT2D eigenvalue weighted by Crippen LogP contribution is -2.67. The highest BCUT2D eigenvalue weighted by Gasteiger charge is 2.87. The van der Waals surface area contributed by atoms with Crippen molar-refractivity contribution in [2.45, 2.75) is 49.8 Å². The summed E-state index contributed by atoms with van der Waals surface area (Å²) in [6.45, 7) is -0.632. The minimum Gasteiger partial charge on any atom is -0.432 e. The van der Waals surface area contributed by atoms with Crippen LogP contribution in [0, 0.1) is 0 Å². The molecule has 0 amide bonds. The molecule has 0 heterocycles. The van der Waals surface area contributed by atoms with Gasteiger partial charge in [0.2, 0.25) is 0 Å². The standard InChI is InChI=1S/C10H9F11O3/c1-4(2)24-5(22)23-3-6(11,12)7(13,14)8(15,16)9(17,18)10(19,20)21/h4H,3H2,1-2H3. The SMILES string of the molecule is CC(C)OC(=O)OCC(F)(F)C(F)(F)C(F)(F)C(F)(F)C(F)(F)F. The molecule has 24 heavy (non-hydrogen) atoms. The molecule has 0 unspecified atom stereocenters. The Morgan fingerprint density at radius 2 is 1.21 bits per heavy atom. The highest BCUT2D eigenvalue weighted by molar-refractivity contribution is 5.60. The van der Waals surface area contributed by atoms with E-state index >= 15 is 0 Å². The van der Waals surface area contributed by atoms with Crippen LogP contribution in [0.2, 0.25) is 0 Å². The van der Waals surface area contributed by atoms with E-state index in [-0.39, 0.29) is 0 Å². The van der Waals surface area contributed by atoms with Gasteiger partial charge in [-0.15, -0.1) is 0 Å². The van der Waals surface area contributed by atoms with Crippen molar-refractivity contribution < 1.29 is 62.6 Å². The summed E-state index contributed by atoms with van der Waals surface area (Å²) in [5.41, 5.74) is 0. The molecule has 0 N–H and O–H groups in total. The maximum Gasteiger partial charge on any atom is 0.508 e. The van der Waals surface area contributed by atoms with E-state index in [0.29, 0.717) is 0 Å². The predicted octanol–water partition coefficient (Wildman–Crippen LogP) is 4.65. The molecule has 0 aliphatic heterocycles. The van der Waals surface area contributed by atoms with Crippen LogP contribution in [-0.4, -0.2) is 48.7 Å². The normalized spacial score (nSPS) is 14.8. The fourth-order valence-electron chi connectivity index (χ4n) is 1.07. The fraction of sp³-hybridized carbons (Fsp3) is 0.900. The monoisotopic (exact) mass is 386 g/mol. The molecule has 0 radical (unpaired) electrons. The van der Waals surface area contributed by atoms with Gasteiger partial charge in [-0.25, -0.2) is 4.79 Å². The van der Waals surface area contributed by atoms with Crippen LogP contribution in [0.4, 0.5) is 53.1 Å². The van der Waals surface area contributed by atoms with E-state index in [1.54, 1.807) is 0 Å². The molecule has 0 saturated heterocycles. The molecule has 0 aromatic heterocycles. The van der Waals surface area contributed by atoms with Crippen LogP contribution in [0.3, 0.4) is 0 Å². The second-order valence-corrected chi connectivity index (χ2v) is 4.63. The van der Waals surface area contributed by atoms with Crippen LogP contribution in [0.25, 0.3) is 0 Å². The van der Waals surface area contributed by atoms with Gasteiger partial charge in [0.05, 0.1) is 6.10 Å². The molecule has 14 heteroatoms. The van der Waals surface area contributed by atoms with Gasteiger partial charge in [-0.3, -0.25) is 0 Å². The summed E-state index contributed by atoms with van der Waals surface area (Å²) >= 11 is 0. The van der Waals surface area contributed by atoms with E-state index in [9.17, 15) is 53.1 Å². The van der Waals surface area contributed by atoms with Crippen LogP contribution < -0.4 is 0 Å². The molecule has 0 fully saturated rings. The van der Waals surface area contributed by atoms with Gasteiger partial charge in [0.1, 0.15) is 0 Å². The Balaban J connectivity index is 5.49. The van der Waals surface area contributed by atoms with Gasteiger partial charge in [-0.2, -0.15) is 48.3 Å². The van der Waals surface area contributed by atoms with Crippen molar-refractivity contribution in [2.24, 2.45) is 0 Å². The van der Waals surface area contributed by atoms with E-state index in [1.807, 2.05) is 0 Å². The van der Waals surface area contributed by atoms with E-state index in [4.69, 9.17) is 0 Å². The first-order valence-corrected chi connectivity index (χ1v) is 5.72. The molecule has 0 aromatic carbocycles. The van der Waals surface area contributed by atoms with Gasteiger partial charge < -0.3 is 9.47 Å². The Morgan fingerprint density at radius 3 is 1.54 bits per heavy atom. The Kier molecular flexibility index (Phi) is 6.02. The topological polar surface area (TPSA) is 35.5 Å². The van der Waals surface area contributed by atoms with E-state index in [2.05, 4.69) is 9.47 Å². The molecule has 0 bridgehead atoms. The zero-order valence-electron chi connectivity index (χ0n) is 11.7. The van der Waals surface area contributed by atoms with E-state index < -0.39 is 48.7 Å². The quantitative estimate of drug-likeness (QED) is 0.493. The first-order chi connectivity index (χ1) is 10.3. The summed E-state index contributed by atoms with van der Waals surface area (Å²) in [5, 5.41) is 0. The molecular formula is C10H9F11O3. The lowest BCUT2D eigenvalue weighted by molar-refractivity contribution is -0.423. The third-order valence-corrected chi connectivity index (χ3v) is 2.31. The smallest absolute Gasteiger partial charge is 0.432 e. The highest BCUT2D eigenvalue weighted by Crippen LogP contribution is 2.57. The first-order valence-electron chi connectivity index (χ1n) is 5.72. The number of carbonyl (C=O) groups is 1. The summed E-state index contributed by atoms with van der Waals surface area (Å²) in [5.74, 6) is -28.5. The molecule has 0 aromatic rings. The van der Waals surface area contributed by atoms with Crippen LogP contribution in [0.1, 0.15) is 13.8 Å². The lowest BCUT2D eigenvalue weighted by Gasteiger charge is -2.36. The lowest BCUT2D eigenvalue weighted by atomic mass is 9.98. The van der Waals surface area contributed by atoms with Gasteiger partial charge >= 0.3 is 36.0 Å². The Morgan fingerprint density at radius 1 is 0.792 bits per heavy atom. The summed E-state index contributed by atoms with van der Waals surface area (Å²) in [7, 11) is 0. The molecule has 3 nitrogen and oxygen atoms in total. The number of rotatable bonds is 6. The van der Waals surface area contributed by atoms with Gasteiger partial charge in [0.25, 0.3) is 0 Å². The average molecular weight is 386 g/mol. The molecule has 0 rings (SSSR count). The van der Waals surface area contributed by atoms with Crippen molar-refractivity contribution in [3.63, 3.8) is 0 Å². The zero-order valence-corrected chi connectivity index (χ0v) is 11.7. The number of ether oxygens (including phenoxy) is 2. The summed E-state index contributed by atoms with van der Waals surface area (Å²) in [6.07, 6.45) is -10.3. The number of hydrogen-bond acceptors (Lipinski definition) is 3. The number of carbonyl (C=O) groups excluding carboxylic acids is 1. The number of alkyl halides is 11. The molecule has 0 spiro atoms. The van der Waals surface area contributed by atoms with Crippen LogP contribution >= 0.6 is 0 Å². The third kappa shape index (κ3) is 3.94. The van der Waals surface area contributed by atoms with Crippen molar-refractivity contribution in [1.82, 2.24) is 0 Å². The predicted molar refractivity (Wildman–Crippen MR) is 53.4 cm³/mol. The maximum atomic E-state index is 13.1. The van der Waals surface area contributed by atoms with Gasteiger partial charge in [0.15, 0.2) is 6.61 Å². The van der Waals surface area contributed by atoms with Crippen molar-refractivity contribution >= 4 is 6.16 Å². The van der Waals surface area contributed by atoms with Gasteiger partial charge in [-0.1, -0.05) is 0 Å². The minimum absolute atomic E-state index is 1.01. The zero-order chi connectivity index (χ0) is 19.8. The summed E-state index contributed by atoms with van der Waals surface area (Å²) in [6, 6.07) is 0.